The van der Waals surface area contributed by atoms with Crippen LogP contribution in [0.3, 0.4) is 0 Å². The van der Waals surface area contributed by atoms with Gasteiger partial charge in [0, 0.05) is 47.0 Å². The lowest BCUT2D eigenvalue weighted by Gasteiger charge is -2.33. The topological polar surface area (TPSA) is 16.2 Å². The molecule has 2 unspecified atom stereocenters. The summed E-state index contributed by atoms with van der Waals surface area (Å²) in [5.74, 6) is 0.836. The minimum absolute atomic E-state index is 0.0280. The number of allylic oxidation sites excluding steroid dienone is 13. The minimum Gasteiger partial charge on any atom is -0.269 e. The molecular formula is C33H39N2+. The molecule has 35 heavy (non-hydrogen) atoms. The zero-order chi connectivity index (χ0) is 24.6. The van der Waals surface area contributed by atoms with Crippen LogP contribution in [0.4, 0.5) is 0 Å². The van der Waals surface area contributed by atoms with Crippen molar-refractivity contribution < 1.29 is 4.57 Å². The third kappa shape index (κ3) is 4.63. The standard InChI is InChI=1S/C33H39N2/c1-23(2)14-15-24(3)20-34-21-27-22-35-16-10-9-13-32(35)29-19-31-26(17-28(27)29)18-30(33(31,4)5)25-11-7-6-8-12-25/h7,9-14,16,18-21,24,28H,6,8,15,17,22H2,1-5H3/q+1/b27-21-,34-20?. The molecule has 0 aromatic carbocycles. The zero-order valence-electron chi connectivity index (χ0n) is 22.0. The Bertz CT molecular complexity index is 1270. The van der Waals surface area contributed by atoms with E-state index in [1.807, 2.05) is 0 Å². The molecule has 5 rings (SSSR count). The van der Waals surface area contributed by atoms with Crippen LogP contribution in [-0.2, 0) is 6.54 Å². The van der Waals surface area contributed by atoms with Gasteiger partial charge in [-0.2, -0.15) is 4.57 Å². The third-order valence-electron chi connectivity index (χ3n) is 7.93. The summed E-state index contributed by atoms with van der Waals surface area (Å²) in [6, 6.07) is 6.60. The molecule has 0 N–H and O–H groups in total. The fraction of sp³-hybridized carbons (Fsp3) is 0.394. The first-order valence-electron chi connectivity index (χ1n) is 13.2. The van der Waals surface area contributed by atoms with Crippen LogP contribution in [0.25, 0.3) is 5.57 Å². The third-order valence-corrected chi connectivity index (χ3v) is 7.93. The lowest BCUT2D eigenvalue weighted by atomic mass is 9.71. The highest BCUT2D eigenvalue weighted by Gasteiger charge is 2.43. The average molecular weight is 464 g/mol. The van der Waals surface area contributed by atoms with Crippen LogP contribution in [0.15, 0.2) is 105 Å². The molecule has 0 spiro atoms. The smallest absolute Gasteiger partial charge is 0.209 e. The number of fused-ring (bicyclic) bond motifs is 3. The van der Waals surface area contributed by atoms with Gasteiger partial charge in [0.25, 0.3) is 0 Å². The van der Waals surface area contributed by atoms with E-state index in [0.717, 1.165) is 32.2 Å². The Morgan fingerprint density at radius 3 is 2.83 bits per heavy atom. The van der Waals surface area contributed by atoms with E-state index < -0.39 is 0 Å². The maximum absolute atomic E-state index is 4.83. The molecule has 0 fully saturated rings. The molecule has 1 aromatic rings. The van der Waals surface area contributed by atoms with E-state index in [9.17, 15) is 0 Å². The molecule has 2 heterocycles. The van der Waals surface area contributed by atoms with E-state index in [4.69, 9.17) is 4.99 Å². The fourth-order valence-electron chi connectivity index (χ4n) is 5.93. The van der Waals surface area contributed by atoms with Crippen molar-refractivity contribution in [3.05, 3.63) is 106 Å². The summed E-state index contributed by atoms with van der Waals surface area (Å²) >= 11 is 0. The molecule has 2 atom stereocenters. The molecule has 4 aliphatic rings. The first kappa shape index (κ1) is 23.7. The SMILES string of the molecule is CC(C)=CCC(C)C=N/C=C1/C[n+]2ccccc2C2=CC3=C(C=C(C4=CCCC=C4)C3(C)C)CC21. The van der Waals surface area contributed by atoms with Crippen LogP contribution in [0.1, 0.15) is 66.0 Å². The van der Waals surface area contributed by atoms with Gasteiger partial charge in [0.05, 0.1) is 0 Å². The normalized spacial score (nSPS) is 24.4. The van der Waals surface area contributed by atoms with Gasteiger partial charge in [0.2, 0.25) is 5.69 Å². The first-order chi connectivity index (χ1) is 16.8. The van der Waals surface area contributed by atoms with Gasteiger partial charge in [0.1, 0.15) is 0 Å². The van der Waals surface area contributed by atoms with Crippen LogP contribution >= 0.6 is 0 Å². The highest BCUT2D eigenvalue weighted by Crippen LogP contribution is 2.54. The fourth-order valence-corrected chi connectivity index (χ4v) is 5.93. The van der Waals surface area contributed by atoms with Crippen molar-refractivity contribution in [3.8, 4) is 0 Å². The molecule has 0 bridgehead atoms. The Morgan fingerprint density at radius 1 is 1.20 bits per heavy atom. The Kier molecular flexibility index (Phi) is 6.49. The van der Waals surface area contributed by atoms with Crippen molar-refractivity contribution in [1.82, 2.24) is 0 Å². The highest BCUT2D eigenvalue weighted by molar-refractivity contribution is 5.76. The Balaban J connectivity index is 1.50. The van der Waals surface area contributed by atoms with Crippen molar-refractivity contribution >= 4 is 11.8 Å². The molecule has 1 aliphatic heterocycles. The van der Waals surface area contributed by atoms with Crippen molar-refractivity contribution in [2.45, 2.75) is 66.8 Å². The summed E-state index contributed by atoms with van der Waals surface area (Å²) in [4.78, 5) is 4.83. The van der Waals surface area contributed by atoms with Gasteiger partial charge in [0.15, 0.2) is 12.7 Å². The maximum atomic E-state index is 4.83. The van der Waals surface area contributed by atoms with E-state index in [-0.39, 0.29) is 5.41 Å². The molecular weight excluding hydrogens is 424 g/mol. The first-order valence-corrected chi connectivity index (χ1v) is 13.2. The molecule has 0 radical (unpaired) electrons. The maximum Gasteiger partial charge on any atom is 0.209 e. The monoisotopic (exact) mass is 463 g/mol. The lowest BCUT2D eigenvalue weighted by molar-refractivity contribution is -0.694. The van der Waals surface area contributed by atoms with Gasteiger partial charge in [-0.25, -0.2) is 0 Å². The molecule has 2 nitrogen and oxygen atoms in total. The number of rotatable bonds is 5. The summed E-state index contributed by atoms with van der Waals surface area (Å²) in [6.07, 6.45) is 25.3. The number of aliphatic imine (C=N–C) groups is 1. The molecule has 3 aliphatic carbocycles. The van der Waals surface area contributed by atoms with Gasteiger partial charge in [-0.05, 0) is 79.9 Å². The molecule has 0 saturated heterocycles. The largest absolute Gasteiger partial charge is 0.269 e. The van der Waals surface area contributed by atoms with Crippen LogP contribution in [0, 0.1) is 17.3 Å². The highest BCUT2D eigenvalue weighted by atomic mass is 15.0. The van der Waals surface area contributed by atoms with E-state index in [0.29, 0.717) is 11.8 Å². The second kappa shape index (κ2) is 9.57. The number of hydrogen-bond donors (Lipinski definition) is 0. The van der Waals surface area contributed by atoms with Crippen LogP contribution < -0.4 is 4.57 Å². The van der Waals surface area contributed by atoms with Gasteiger partial charge < -0.3 is 0 Å². The van der Waals surface area contributed by atoms with Crippen LogP contribution in [-0.4, -0.2) is 6.21 Å². The van der Waals surface area contributed by atoms with E-state index in [1.54, 1.807) is 0 Å². The Hall–Kier alpha value is -3.00. The summed E-state index contributed by atoms with van der Waals surface area (Å²) in [7, 11) is 0. The Labute approximate surface area is 211 Å². The van der Waals surface area contributed by atoms with E-state index in [1.165, 1.54) is 44.7 Å². The minimum atomic E-state index is 0.0280. The predicted octanol–water partition coefficient (Wildman–Crippen LogP) is 7.88. The van der Waals surface area contributed by atoms with Crippen molar-refractivity contribution in [1.29, 1.82) is 0 Å². The second-order valence-electron chi connectivity index (χ2n) is 11.3. The summed E-state index contributed by atoms with van der Waals surface area (Å²) in [5.41, 5.74) is 11.5. The predicted molar refractivity (Wildman–Crippen MR) is 148 cm³/mol. The summed E-state index contributed by atoms with van der Waals surface area (Å²) < 4.78 is 2.39. The summed E-state index contributed by atoms with van der Waals surface area (Å²) in [5, 5.41) is 0. The number of aromatic nitrogens is 1. The van der Waals surface area contributed by atoms with Gasteiger partial charge >= 0.3 is 0 Å². The van der Waals surface area contributed by atoms with Crippen molar-refractivity contribution in [2.75, 3.05) is 0 Å². The van der Waals surface area contributed by atoms with Gasteiger partial charge in [-0.1, -0.05) is 56.7 Å². The van der Waals surface area contributed by atoms with Crippen LogP contribution in [0.5, 0.6) is 0 Å². The molecule has 0 amide bonds. The average Bonchev–Trinajstić information content (AvgIpc) is 3.12. The van der Waals surface area contributed by atoms with Crippen molar-refractivity contribution in [3.63, 3.8) is 0 Å². The van der Waals surface area contributed by atoms with E-state index in [2.05, 4.69) is 112 Å². The van der Waals surface area contributed by atoms with Crippen LogP contribution in [0.2, 0.25) is 0 Å². The lowest BCUT2D eigenvalue weighted by Crippen LogP contribution is -2.45. The molecule has 180 valence electrons. The molecule has 2 heteroatoms. The number of nitrogens with zero attached hydrogens (tertiary/aromatic N) is 2. The van der Waals surface area contributed by atoms with E-state index >= 15 is 0 Å². The Morgan fingerprint density at radius 2 is 2.06 bits per heavy atom. The molecule has 0 saturated carbocycles. The number of pyridine rings is 1. The van der Waals surface area contributed by atoms with Crippen molar-refractivity contribution in [2.24, 2.45) is 22.2 Å². The number of hydrogen-bond acceptors (Lipinski definition) is 1. The quantitative estimate of drug-likeness (QED) is 0.240. The molecule has 1 aromatic heterocycles. The van der Waals surface area contributed by atoms with Gasteiger partial charge in [-0.15, -0.1) is 0 Å². The zero-order valence-corrected chi connectivity index (χ0v) is 22.0. The van der Waals surface area contributed by atoms with Gasteiger partial charge in [-0.3, -0.25) is 4.99 Å². The summed E-state index contributed by atoms with van der Waals surface area (Å²) in [6.45, 7) is 12.3. The second-order valence-corrected chi connectivity index (χ2v) is 11.3.